The number of aliphatic hydroxyl groups is 3. The number of aromatic hydroxyl groups is 1. The van der Waals surface area contributed by atoms with Gasteiger partial charge in [-0.25, -0.2) is 0 Å². The van der Waals surface area contributed by atoms with Crippen molar-refractivity contribution in [2.75, 3.05) is 19.4 Å². The number of hydrogen-bond donors (Lipinski definition) is 6. The fourth-order valence-corrected chi connectivity index (χ4v) is 5.74. The normalized spacial score (nSPS) is 28.4. The van der Waals surface area contributed by atoms with Crippen LogP contribution in [0.15, 0.2) is 23.0 Å². The van der Waals surface area contributed by atoms with Crippen LogP contribution in [0.5, 0.6) is 5.75 Å². The first-order valence-electron chi connectivity index (χ1n) is 10.3. The highest BCUT2D eigenvalue weighted by atomic mass is 35.5. The van der Waals surface area contributed by atoms with Crippen molar-refractivity contribution in [3.05, 3.63) is 39.1 Å². The van der Waals surface area contributed by atoms with Crippen LogP contribution in [0.2, 0.25) is 5.02 Å². The number of halogens is 1. The summed E-state index contributed by atoms with van der Waals surface area (Å²) in [7, 11) is 3.04. The van der Waals surface area contributed by atoms with E-state index in [4.69, 9.17) is 17.3 Å². The Kier molecular flexibility index (Phi) is 5.46. The van der Waals surface area contributed by atoms with E-state index in [0.29, 0.717) is 5.56 Å². The number of carbonyl (C=O) groups is 4. The molecule has 1 saturated carbocycles. The molecule has 180 valence electrons. The van der Waals surface area contributed by atoms with E-state index in [9.17, 15) is 39.6 Å². The fourth-order valence-electron chi connectivity index (χ4n) is 5.46. The summed E-state index contributed by atoms with van der Waals surface area (Å²) in [6.45, 7) is 0. The maximum Gasteiger partial charge on any atom is 0.255 e. The van der Waals surface area contributed by atoms with Crippen LogP contribution >= 0.6 is 11.6 Å². The third-order valence-electron chi connectivity index (χ3n) is 6.87. The molecule has 12 heteroatoms. The van der Waals surface area contributed by atoms with E-state index in [1.54, 1.807) is 0 Å². The molecule has 1 aromatic rings. The fraction of sp³-hybridized carbons (Fsp3) is 0.364. The number of benzene rings is 1. The van der Waals surface area contributed by atoms with Gasteiger partial charge in [0.25, 0.3) is 5.91 Å². The van der Waals surface area contributed by atoms with Gasteiger partial charge in [0.1, 0.15) is 22.8 Å². The van der Waals surface area contributed by atoms with E-state index in [1.165, 1.54) is 25.1 Å². The molecule has 0 heterocycles. The maximum absolute atomic E-state index is 13.7. The van der Waals surface area contributed by atoms with Gasteiger partial charge in [0, 0.05) is 11.5 Å². The monoisotopic (exact) mass is 491 g/mol. The lowest BCUT2D eigenvalue weighted by molar-refractivity contribution is -0.153. The molecule has 2 amide bonds. The Hall–Kier alpha value is -3.41. The number of aliphatic hydroxyl groups excluding tert-OH is 2. The number of phenols is 1. The maximum atomic E-state index is 13.7. The van der Waals surface area contributed by atoms with Gasteiger partial charge in [-0.05, 0) is 44.5 Å². The number of fused-ring (bicyclic) bond motifs is 3. The zero-order valence-electron chi connectivity index (χ0n) is 18.1. The van der Waals surface area contributed by atoms with Crippen LogP contribution in [0.3, 0.4) is 0 Å². The smallest absolute Gasteiger partial charge is 0.255 e. The minimum Gasteiger partial charge on any atom is -0.508 e. The molecule has 0 aromatic heterocycles. The van der Waals surface area contributed by atoms with Gasteiger partial charge in [0.2, 0.25) is 12.2 Å². The number of nitrogens with one attached hydrogen (secondary N) is 1. The number of rotatable bonds is 4. The predicted octanol–water partition coefficient (Wildman–Crippen LogP) is 0.186. The van der Waals surface area contributed by atoms with Crippen LogP contribution in [-0.2, 0) is 25.6 Å². The summed E-state index contributed by atoms with van der Waals surface area (Å²) in [6.07, 6.45) is 0.346. The van der Waals surface area contributed by atoms with E-state index in [0.717, 1.165) is 0 Å². The lowest BCUT2D eigenvalue weighted by atomic mass is 9.57. The minimum atomic E-state index is -2.71. The van der Waals surface area contributed by atoms with Gasteiger partial charge in [-0.2, -0.15) is 0 Å². The Morgan fingerprint density at radius 2 is 1.94 bits per heavy atom. The first-order valence-corrected chi connectivity index (χ1v) is 10.6. The van der Waals surface area contributed by atoms with E-state index >= 15 is 0 Å². The second-order valence-corrected chi connectivity index (χ2v) is 9.25. The second kappa shape index (κ2) is 7.83. The number of hydrogen-bond acceptors (Lipinski definition) is 9. The van der Waals surface area contributed by atoms with E-state index in [2.05, 4.69) is 5.32 Å². The number of primary amides is 1. The van der Waals surface area contributed by atoms with Crippen LogP contribution < -0.4 is 11.1 Å². The number of nitrogens with two attached hydrogens (primary N) is 1. The summed E-state index contributed by atoms with van der Waals surface area (Å²) in [4.78, 5) is 50.9. The highest BCUT2D eigenvalue weighted by molar-refractivity contribution is 6.34. The van der Waals surface area contributed by atoms with Gasteiger partial charge >= 0.3 is 0 Å². The van der Waals surface area contributed by atoms with Crippen molar-refractivity contribution < 1.29 is 39.6 Å². The molecular weight excluding hydrogens is 470 g/mol. The first-order chi connectivity index (χ1) is 15.9. The number of carbonyl (C=O) groups excluding carboxylic acids is 4. The van der Waals surface area contributed by atoms with Crippen LogP contribution in [0.25, 0.3) is 5.76 Å². The lowest BCUT2D eigenvalue weighted by Crippen LogP contribution is -2.65. The standard InChI is InChI=1S/C22H22ClN3O8/c1-26(2)15-9-4-7-3-8-5-10(23)14(25-6-27)17(29)11(8)16(28)12(7)19(31)22(9,34)20(32)13(18(15)30)21(24)33/h5-7,9,15,28-29,32,34H,3-4H2,1-2H3,(H2,24,33)(H,25,27)/t7-,9-,15-,22-/m0/s1. The van der Waals surface area contributed by atoms with Crippen molar-refractivity contribution in [3.63, 3.8) is 0 Å². The molecule has 3 aliphatic carbocycles. The molecule has 0 bridgehead atoms. The van der Waals surface area contributed by atoms with Gasteiger partial charge in [0.15, 0.2) is 17.1 Å². The van der Waals surface area contributed by atoms with Crippen LogP contribution in [-0.4, -0.2) is 74.9 Å². The van der Waals surface area contributed by atoms with Crippen molar-refractivity contribution >= 4 is 46.9 Å². The Morgan fingerprint density at radius 1 is 1.29 bits per heavy atom. The van der Waals surface area contributed by atoms with Crippen molar-refractivity contribution in [1.29, 1.82) is 0 Å². The van der Waals surface area contributed by atoms with Crippen molar-refractivity contribution in [2.24, 2.45) is 17.6 Å². The number of ketones is 2. The molecular formula is C22H22ClN3O8. The summed E-state index contributed by atoms with van der Waals surface area (Å²) in [5, 5.41) is 46.2. The van der Waals surface area contributed by atoms with Crippen molar-refractivity contribution in [3.8, 4) is 5.75 Å². The molecule has 0 unspecified atom stereocenters. The molecule has 4 rings (SSSR count). The number of amides is 2. The van der Waals surface area contributed by atoms with Gasteiger partial charge in [-0.15, -0.1) is 0 Å². The Labute approximate surface area is 198 Å². The molecule has 4 atom stereocenters. The Bertz CT molecular complexity index is 1240. The van der Waals surface area contributed by atoms with Crippen LogP contribution in [0.1, 0.15) is 17.5 Å². The zero-order chi connectivity index (χ0) is 25.3. The molecule has 34 heavy (non-hydrogen) atoms. The van der Waals surface area contributed by atoms with Gasteiger partial charge < -0.3 is 31.5 Å². The number of phenolic OH excluding ortho intramolecular Hbond substituents is 1. The van der Waals surface area contributed by atoms with Crippen molar-refractivity contribution in [2.45, 2.75) is 24.5 Å². The third-order valence-corrected chi connectivity index (χ3v) is 7.16. The highest BCUT2D eigenvalue weighted by Gasteiger charge is 2.64. The minimum absolute atomic E-state index is 0.00364. The number of likely N-dealkylation sites (N-methyl/N-ethyl adjacent to an activating group) is 1. The van der Waals surface area contributed by atoms with E-state index < -0.39 is 63.8 Å². The largest absolute Gasteiger partial charge is 0.508 e. The first kappa shape index (κ1) is 23.7. The third kappa shape index (κ3) is 2.97. The van der Waals surface area contributed by atoms with Crippen LogP contribution in [0.4, 0.5) is 5.69 Å². The SMILES string of the molecule is CN(C)[C@@H]1C(=O)C(C(N)=O)=C(O)[C@@]2(O)C(=O)C3=C(O)c4c(cc(Cl)c(NC=O)c4O)C[C@H]3C[C@@H]12. The number of nitrogens with zero attached hydrogens (tertiary/aromatic N) is 1. The molecule has 3 aliphatic rings. The lowest BCUT2D eigenvalue weighted by Gasteiger charge is -2.50. The molecule has 0 aliphatic heterocycles. The summed E-state index contributed by atoms with van der Waals surface area (Å²) in [5.41, 5.74) is 1.43. The summed E-state index contributed by atoms with van der Waals surface area (Å²) in [5.74, 6) is -7.52. The Morgan fingerprint density at radius 3 is 2.50 bits per heavy atom. The molecule has 7 N–H and O–H groups in total. The number of anilines is 1. The second-order valence-electron chi connectivity index (χ2n) is 8.84. The van der Waals surface area contributed by atoms with E-state index in [-0.39, 0.29) is 41.1 Å². The molecule has 11 nitrogen and oxygen atoms in total. The predicted molar refractivity (Wildman–Crippen MR) is 119 cm³/mol. The topological polar surface area (TPSA) is 190 Å². The van der Waals surface area contributed by atoms with Crippen LogP contribution in [0, 0.1) is 11.8 Å². The van der Waals surface area contributed by atoms with Gasteiger partial charge in [-0.1, -0.05) is 11.6 Å². The Balaban J connectivity index is 1.98. The number of Topliss-reactive ketones (excluding diaryl/α,β-unsaturated/α-hetero) is 2. The summed E-state index contributed by atoms with van der Waals surface area (Å²) >= 11 is 6.16. The van der Waals surface area contributed by atoms with E-state index in [1.807, 2.05) is 0 Å². The average molecular weight is 492 g/mol. The molecule has 0 saturated heterocycles. The quantitative estimate of drug-likeness (QED) is 0.194. The van der Waals surface area contributed by atoms with Crippen molar-refractivity contribution in [1.82, 2.24) is 4.90 Å². The molecule has 1 fully saturated rings. The molecule has 0 spiro atoms. The molecule has 1 aromatic carbocycles. The molecule has 0 radical (unpaired) electrons. The van der Waals surface area contributed by atoms with Gasteiger partial charge in [-0.3, -0.25) is 24.1 Å². The van der Waals surface area contributed by atoms with Gasteiger partial charge in [0.05, 0.1) is 16.6 Å². The summed E-state index contributed by atoms with van der Waals surface area (Å²) in [6, 6.07) is 0.271. The summed E-state index contributed by atoms with van der Waals surface area (Å²) < 4.78 is 0. The highest BCUT2D eigenvalue weighted by Crippen LogP contribution is 2.53. The average Bonchev–Trinajstić information content (AvgIpc) is 2.73. The zero-order valence-corrected chi connectivity index (χ0v) is 18.9.